The van der Waals surface area contributed by atoms with Crippen molar-refractivity contribution in [2.45, 2.75) is 44.6 Å². The molecule has 2 fully saturated rings. The molecule has 3 rings (SSSR count). The summed E-state index contributed by atoms with van der Waals surface area (Å²) >= 11 is 0. The second-order valence-corrected chi connectivity index (χ2v) is 6.19. The molecule has 3 atom stereocenters. The van der Waals surface area contributed by atoms with Crippen LogP contribution in [0, 0.1) is 11.8 Å². The molecule has 1 aliphatic heterocycles. The summed E-state index contributed by atoms with van der Waals surface area (Å²) in [6.45, 7) is 1.24. The fourth-order valence-corrected chi connectivity index (χ4v) is 3.88. The van der Waals surface area contributed by atoms with E-state index in [1.807, 2.05) is 0 Å². The maximum atomic E-state index is 5.22. The van der Waals surface area contributed by atoms with Gasteiger partial charge in [-0.15, -0.1) is 0 Å². The first-order valence-electron chi connectivity index (χ1n) is 7.71. The number of benzene rings is 1. The van der Waals surface area contributed by atoms with Crippen LogP contribution in [0.2, 0.25) is 0 Å². The maximum Gasteiger partial charge on any atom is 0.118 e. The van der Waals surface area contributed by atoms with E-state index in [9.17, 15) is 0 Å². The zero-order valence-electron chi connectivity index (χ0n) is 11.9. The predicted octanol–water partition coefficient (Wildman–Crippen LogP) is 3.41. The van der Waals surface area contributed by atoms with Gasteiger partial charge in [-0.2, -0.15) is 0 Å². The second-order valence-electron chi connectivity index (χ2n) is 6.19. The highest BCUT2D eigenvalue weighted by atomic mass is 16.5. The zero-order chi connectivity index (χ0) is 13.1. The third-order valence-electron chi connectivity index (χ3n) is 4.93. The van der Waals surface area contributed by atoms with Gasteiger partial charge < -0.3 is 10.1 Å². The summed E-state index contributed by atoms with van der Waals surface area (Å²) in [6, 6.07) is 9.45. The highest BCUT2D eigenvalue weighted by Gasteiger charge is 2.31. The summed E-state index contributed by atoms with van der Waals surface area (Å²) in [4.78, 5) is 0. The summed E-state index contributed by atoms with van der Waals surface area (Å²) in [7, 11) is 1.73. The minimum absolute atomic E-state index is 0.820. The van der Waals surface area contributed by atoms with Gasteiger partial charge in [-0.25, -0.2) is 0 Å². The molecule has 2 aliphatic rings. The van der Waals surface area contributed by atoms with E-state index in [-0.39, 0.29) is 0 Å². The smallest absolute Gasteiger partial charge is 0.118 e. The van der Waals surface area contributed by atoms with E-state index in [1.54, 1.807) is 7.11 Å². The van der Waals surface area contributed by atoms with Gasteiger partial charge in [-0.05, 0) is 74.6 Å². The minimum Gasteiger partial charge on any atom is -0.497 e. The lowest BCUT2D eigenvalue weighted by Gasteiger charge is -2.40. The predicted molar refractivity (Wildman–Crippen MR) is 78.6 cm³/mol. The number of hydrogen-bond acceptors (Lipinski definition) is 2. The van der Waals surface area contributed by atoms with Gasteiger partial charge in [0.2, 0.25) is 0 Å². The van der Waals surface area contributed by atoms with E-state index in [0.717, 1.165) is 23.6 Å². The Kier molecular flexibility index (Phi) is 4.07. The molecule has 1 heterocycles. The fraction of sp³-hybridized carbons (Fsp3) is 0.647. The second kappa shape index (κ2) is 5.96. The summed E-state index contributed by atoms with van der Waals surface area (Å²) in [6.07, 6.45) is 8.25. The van der Waals surface area contributed by atoms with Crippen molar-refractivity contribution in [3.63, 3.8) is 0 Å². The van der Waals surface area contributed by atoms with Gasteiger partial charge in [0.05, 0.1) is 7.11 Å². The van der Waals surface area contributed by atoms with E-state index in [4.69, 9.17) is 4.74 Å². The van der Waals surface area contributed by atoms with Gasteiger partial charge in [0.25, 0.3) is 0 Å². The van der Waals surface area contributed by atoms with Gasteiger partial charge in [0.1, 0.15) is 5.75 Å². The standard InChI is InChI=1S/C17H25NO/c1-19-16-7-4-13(5-8-16)11-14-6-9-17-15(12-14)3-2-10-18-17/h4-5,7-8,14-15,17-18H,2-3,6,9-12H2,1H3/t14-,15+,17-/m0/s1. The molecule has 0 aromatic heterocycles. The van der Waals surface area contributed by atoms with Crippen molar-refractivity contribution in [1.82, 2.24) is 5.32 Å². The number of rotatable bonds is 3. The molecular weight excluding hydrogens is 234 g/mol. The highest BCUT2D eigenvalue weighted by molar-refractivity contribution is 5.27. The number of methoxy groups -OCH3 is 1. The van der Waals surface area contributed by atoms with Crippen LogP contribution in [0.4, 0.5) is 0 Å². The minimum atomic E-state index is 0.820. The van der Waals surface area contributed by atoms with Crippen molar-refractivity contribution in [2.24, 2.45) is 11.8 Å². The normalized spacial score (nSPS) is 30.7. The average Bonchev–Trinajstić information content (AvgIpc) is 2.48. The SMILES string of the molecule is COc1ccc(C[C@@H]2CC[C@@H]3NCCC[C@@H]3C2)cc1. The molecule has 2 nitrogen and oxygen atoms in total. The molecule has 1 N–H and O–H groups in total. The Morgan fingerprint density at radius 2 is 2.00 bits per heavy atom. The van der Waals surface area contributed by atoms with Crippen molar-refractivity contribution in [3.8, 4) is 5.75 Å². The van der Waals surface area contributed by atoms with Crippen LogP contribution in [-0.4, -0.2) is 19.7 Å². The Labute approximate surface area is 116 Å². The summed E-state index contributed by atoms with van der Waals surface area (Å²) in [5.41, 5.74) is 1.47. The molecule has 2 heteroatoms. The van der Waals surface area contributed by atoms with Crippen LogP contribution < -0.4 is 10.1 Å². The quantitative estimate of drug-likeness (QED) is 0.898. The van der Waals surface area contributed by atoms with Gasteiger partial charge in [0.15, 0.2) is 0 Å². The van der Waals surface area contributed by atoms with Crippen LogP contribution in [-0.2, 0) is 6.42 Å². The molecule has 1 saturated carbocycles. The molecule has 1 aromatic rings. The van der Waals surface area contributed by atoms with Crippen LogP contribution in [0.15, 0.2) is 24.3 Å². The molecular formula is C17H25NO. The average molecular weight is 259 g/mol. The first-order valence-corrected chi connectivity index (χ1v) is 7.71. The van der Waals surface area contributed by atoms with E-state index in [0.29, 0.717) is 0 Å². The van der Waals surface area contributed by atoms with Crippen molar-refractivity contribution < 1.29 is 4.74 Å². The third-order valence-corrected chi connectivity index (χ3v) is 4.93. The van der Waals surface area contributed by atoms with Gasteiger partial charge >= 0.3 is 0 Å². The zero-order valence-corrected chi connectivity index (χ0v) is 11.9. The molecule has 0 spiro atoms. The van der Waals surface area contributed by atoms with E-state index >= 15 is 0 Å². The molecule has 0 unspecified atom stereocenters. The van der Waals surface area contributed by atoms with E-state index in [2.05, 4.69) is 29.6 Å². The fourth-order valence-electron chi connectivity index (χ4n) is 3.88. The Morgan fingerprint density at radius 3 is 2.79 bits per heavy atom. The van der Waals surface area contributed by atoms with Crippen LogP contribution in [0.25, 0.3) is 0 Å². The monoisotopic (exact) mass is 259 g/mol. The van der Waals surface area contributed by atoms with Crippen molar-refractivity contribution in [1.29, 1.82) is 0 Å². The van der Waals surface area contributed by atoms with Gasteiger partial charge in [-0.3, -0.25) is 0 Å². The topological polar surface area (TPSA) is 21.3 Å². The van der Waals surface area contributed by atoms with Crippen LogP contribution in [0.5, 0.6) is 5.75 Å². The lowest BCUT2D eigenvalue weighted by Crippen LogP contribution is -2.44. The summed E-state index contributed by atoms with van der Waals surface area (Å²) in [5, 5.41) is 3.70. The molecule has 0 bridgehead atoms. The highest BCUT2D eigenvalue weighted by Crippen LogP contribution is 2.35. The number of nitrogens with one attached hydrogen (secondary N) is 1. The summed E-state index contributed by atoms with van der Waals surface area (Å²) in [5.74, 6) is 2.78. The molecule has 1 saturated heterocycles. The third kappa shape index (κ3) is 3.11. The largest absolute Gasteiger partial charge is 0.497 e. The van der Waals surface area contributed by atoms with Crippen molar-refractivity contribution in [2.75, 3.05) is 13.7 Å². The maximum absolute atomic E-state index is 5.22. The Hall–Kier alpha value is -1.02. The molecule has 0 amide bonds. The van der Waals surface area contributed by atoms with Crippen LogP contribution >= 0.6 is 0 Å². The number of ether oxygens (including phenoxy) is 1. The van der Waals surface area contributed by atoms with E-state index in [1.165, 1.54) is 50.6 Å². The van der Waals surface area contributed by atoms with E-state index < -0.39 is 0 Å². The molecule has 19 heavy (non-hydrogen) atoms. The van der Waals surface area contributed by atoms with Crippen molar-refractivity contribution in [3.05, 3.63) is 29.8 Å². The first-order chi connectivity index (χ1) is 9.35. The van der Waals surface area contributed by atoms with Gasteiger partial charge in [-0.1, -0.05) is 12.1 Å². The Morgan fingerprint density at radius 1 is 1.16 bits per heavy atom. The Bertz CT molecular complexity index is 400. The molecule has 104 valence electrons. The summed E-state index contributed by atoms with van der Waals surface area (Å²) < 4.78 is 5.22. The molecule has 1 aliphatic carbocycles. The Balaban J connectivity index is 1.57. The van der Waals surface area contributed by atoms with Gasteiger partial charge in [0, 0.05) is 6.04 Å². The number of fused-ring (bicyclic) bond motifs is 1. The lowest BCUT2D eigenvalue weighted by molar-refractivity contribution is 0.165. The molecule has 0 radical (unpaired) electrons. The first kappa shape index (κ1) is 13.0. The molecule has 1 aromatic carbocycles. The van der Waals surface area contributed by atoms with Crippen LogP contribution in [0.3, 0.4) is 0 Å². The number of piperidine rings is 1. The lowest BCUT2D eigenvalue weighted by atomic mass is 9.73. The number of hydrogen-bond donors (Lipinski definition) is 1. The van der Waals surface area contributed by atoms with Crippen molar-refractivity contribution >= 4 is 0 Å². The van der Waals surface area contributed by atoms with Crippen LogP contribution in [0.1, 0.15) is 37.7 Å².